The fourth-order valence-corrected chi connectivity index (χ4v) is 2.95. The summed E-state index contributed by atoms with van der Waals surface area (Å²) >= 11 is 0. The van der Waals surface area contributed by atoms with Gasteiger partial charge in [0, 0.05) is 6.54 Å². The Morgan fingerprint density at radius 3 is 2.52 bits per heavy atom. The molecule has 0 spiro atoms. The molecule has 0 radical (unpaired) electrons. The molecule has 0 saturated heterocycles. The Morgan fingerprint density at radius 2 is 1.86 bits per heavy atom. The van der Waals surface area contributed by atoms with E-state index in [9.17, 15) is 17.6 Å². The molecule has 0 amide bonds. The highest BCUT2D eigenvalue weighted by molar-refractivity contribution is 5.27. The topological polar surface area (TPSA) is 12.0 Å². The fraction of sp³-hybridized carbons (Fsp3) is 0.625. The summed E-state index contributed by atoms with van der Waals surface area (Å²) in [4.78, 5) is 0. The molecule has 1 saturated carbocycles. The van der Waals surface area contributed by atoms with Crippen LogP contribution in [0.4, 0.5) is 17.6 Å². The van der Waals surface area contributed by atoms with E-state index >= 15 is 0 Å². The molecule has 1 N–H and O–H groups in total. The minimum atomic E-state index is -4.64. The lowest BCUT2D eigenvalue weighted by Crippen LogP contribution is -2.16. The van der Waals surface area contributed by atoms with Gasteiger partial charge in [-0.15, -0.1) is 0 Å². The third-order valence-corrected chi connectivity index (χ3v) is 4.11. The van der Waals surface area contributed by atoms with Crippen molar-refractivity contribution < 1.29 is 17.6 Å². The maximum Gasteiger partial charge on any atom is 0.419 e. The number of halogens is 4. The van der Waals surface area contributed by atoms with E-state index in [4.69, 9.17) is 0 Å². The Hall–Kier alpha value is -1.10. The molecule has 1 aromatic rings. The Kier molecular flexibility index (Phi) is 5.62. The van der Waals surface area contributed by atoms with Crippen LogP contribution in [0.3, 0.4) is 0 Å². The van der Waals surface area contributed by atoms with Crippen LogP contribution in [0.5, 0.6) is 0 Å². The van der Waals surface area contributed by atoms with Crippen LogP contribution in [-0.2, 0) is 12.7 Å². The standard InChI is InChI=1S/C16H21F4N/c17-15-8-7-13(10-14(15)16(18,19)20)11-21-9-3-6-12-4-1-2-5-12/h7-8,10,12,21H,1-6,9,11H2. The molecular formula is C16H21F4N. The second-order valence-electron chi connectivity index (χ2n) is 5.78. The van der Waals surface area contributed by atoms with Crippen LogP contribution < -0.4 is 5.32 Å². The van der Waals surface area contributed by atoms with Crippen molar-refractivity contribution in [2.75, 3.05) is 6.54 Å². The highest BCUT2D eigenvalue weighted by Crippen LogP contribution is 2.32. The van der Waals surface area contributed by atoms with E-state index in [0.29, 0.717) is 12.1 Å². The monoisotopic (exact) mass is 303 g/mol. The SMILES string of the molecule is Fc1ccc(CNCCCC2CCCC2)cc1C(F)(F)F. The number of benzene rings is 1. The molecule has 1 aliphatic rings. The highest BCUT2D eigenvalue weighted by atomic mass is 19.4. The van der Waals surface area contributed by atoms with E-state index in [1.807, 2.05) is 0 Å². The maximum absolute atomic E-state index is 13.1. The van der Waals surface area contributed by atoms with Gasteiger partial charge in [-0.3, -0.25) is 0 Å². The van der Waals surface area contributed by atoms with Crippen LogP contribution in [0, 0.1) is 11.7 Å². The van der Waals surface area contributed by atoms with Crippen molar-refractivity contribution in [3.8, 4) is 0 Å². The molecule has 0 unspecified atom stereocenters. The van der Waals surface area contributed by atoms with Gasteiger partial charge in [-0.2, -0.15) is 13.2 Å². The average Bonchev–Trinajstić information content (AvgIpc) is 2.92. The number of hydrogen-bond donors (Lipinski definition) is 1. The summed E-state index contributed by atoms with van der Waals surface area (Å²) in [6, 6.07) is 3.17. The molecule has 1 aromatic carbocycles. The molecular weight excluding hydrogens is 282 g/mol. The van der Waals surface area contributed by atoms with Gasteiger partial charge in [0.05, 0.1) is 5.56 Å². The first-order chi connectivity index (χ1) is 9.97. The number of nitrogens with one attached hydrogen (secondary N) is 1. The summed E-state index contributed by atoms with van der Waals surface area (Å²) in [5.74, 6) is -0.387. The van der Waals surface area contributed by atoms with E-state index in [0.717, 1.165) is 31.0 Å². The average molecular weight is 303 g/mol. The molecule has 0 bridgehead atoms. The molecule has 2 rings (SSSR count). The summed E-state index contributed by atoms with van der Waals surface area (Å²) < 4.78 is 50.9. The predicted molar refractivity (Wildman–Crippen MR) is 74.3 cm³/mol. The van der Waals surface area contributed by atoms with Crippen molar-refractivity contribution in [3.05, 3.63) is 35.1 Å². The van der Waals surface area contributed by atoms with E-state index < -0.39 is 17.6 Å². The van der Waals surface area contributed by atoms with Crippen LogP contribution in [0.2, 0.25) is 0 Å². The summed E-state index contributed by atoms with van der Waals surface area (Å²) in [6.45, 7) is 1.13. The molecule has 5 heteroatoms. The molecule has 118 valence electrons. The van der Waals surface area contributed by atoms with Gasteiger partial charge in [0.15, 0.2) is 0 Å². The first-order valence-electron chi connectivity index (χ1n) is 7.53. The second kappa shape index (κ2) is 7.25. The van der Waals surface area contributed by atoms with Crippen LogP contribution in [0.1, 0.15) is 49.7 Å². The van der Waals surface area contributed by atoms with E-state index in [1.165, 1.54) is 38.2 Å². The second-order valence-corrected chi connectivity index (χ2v) is 5.78. The third kappa shape index (κ3) is 4.99. The Bertz CT molecular complexity index is 450. The molecule has 1 fully saturated rings. The summed E-state index contributed by atoms with van der Waals surface area (Å²) in [5, 5.41) is 3.13. The van der Waals surface area contributed by atoms with Gasteiger partial charge in [0.25, 0.3) is 0 Å². The molecule has 0 aliphatic heterocycles. The zero-order valence-corrected chi connectivity index (χ0v) is 12.0. The van der Waals surface area contributed by atoms with Gasteiger partial charge in [0.1, 0.15) is 5.82 Å². The van der Waals surface area contributed by atoms with Crippen LogP contribution in [0.25, 0.3) is 0 Å². The maximum atomic E-state index is 13.1. The number of alkyl halides is 3. The van der Waals surface area contributed by atoms with Gasteiger partial charge in [-0.1, -0.05) is 31.7 Å². The van der Waals surface area contributed by atoms with Gasteiger partial charge in [0.2, 0.25) is 0 Å². The predicted octanol–water partition coefficient (Wildman–Crippen LogP) is 4.90. The lowest BCUT2D eigenvalue weighted by molar-refractivity contribution is -0.140. The third-order valence-electron chi connectivity index (χ3n) is 4.11. The minimum Gasteiger partial charge on any atom is -0.313 e. The largest absolute Gasteiger partial charge is 0.419 e. The summed E-state index contributed by atoms with van der Waals surface area (Å²) in [5.41, 5.74) is -0.725. The Balaban J connectivity index is 1.75. The van der Waals surface area contributed by atoms with Gasteiger partial charge >= 0.3 is 6.18 Å². The van der Waals surface area contributed by atoms with Crippen molar-refractivity contribution in [2.24, 2.45) is 5.92 Å². The quantitative estimate of drug-likeness (QED) is 0.582. The molecule has 21 heavy (non-hydrogen) atoms. The fourth-order valence-electron chi connectivity index (χ4n) is 2.95. The van der Waals surface area contributed by atoms with E-state index in [2.05, 4.69) is 5.32 Å². The van der Waals surface area contributed by atoms with Crippen molar-refractivity contribution in [2.45, 2.75) is 51.2 Å². The Morgan fingerprint density at radius 1 is 1.14 bits per heavy atom. The molecule has 1 nitrogen and oxygen atoms in total. The smallest absolute Gasteiger partial charge is 0.313 e. The summed E-state index contributed by atoms with van der Waals surface area (Å²) in [6.07, 6.45) is 2.87. The number of rotatable bonds is 6. The van der Waals surface area contributed by atoms with Crippen LogP contribution in [-0.4, -0.2) is 6.54 Å². The van der Waals surface area contributed by atoms with Crippen LogP contribution >= 0.6 is 0 Å². The number of hydrogen-bond acceptors (Lipinski definition) is 1. The van der Waals surface area contributed by atoms with Crippen molar-refractivity contribution in [1.82, 2.24) is 5.32 Å². The minimum absolute atomic E-state index is 0.341. The van der Waals surface area contributed by atoms with Crippen LogP contribution in [0.15, 0.2) is 18.2 Å². The van der Waals surface area contributed by atoms with Gasteiger partial charge < -0.3 is 5.32 Å². The zero-order chi connectivity index (χ0) is 15.3. The highest BCUT2D eigenvalue weighted by Gasteiger charge is 2.34. The van der Waals surface area contributed by atoms with E-state index in [-0.39, 0.29) is 0 Å². The molecule has 0 heterocycles. The first-order valence-corrected chi connectivity index (χ1v) is 7.53. The lowest BCUT2D eigenvalue weighted by atomic mass is 10.0. The van der Waals surface area contributed by atoms with Crippen molar-refractivity contribution in [3.63, 3.8) is 0 Å². The van der Waals surface area contributed by atoms with Crippen molar-refractivity contribution >= 4 is 0 Å². The van der Waals surface area contributed by atoms with Gasteiger partial charge in [-0.05, 0) is 43.0 Å². The summed E-state index contributed by atoms with van der Waals surface area (Å²) in [7, 11) is 0. The Labute approximate surface area is 122 Å². The molecule has 1 aliphatic carbocycles. The lowest BCUT2D eigenvalue weighted by Gasteiger charge is -2.11. The van der Waals surface area contributed by atoms with E-state index in [1.54, 1.807) is 0 Å². The first kappa shape index (κ1) is 16.3. The molecule has 0 aromatic heterocycles. The van der Waals surface area contributed by atoms with Gasteiger partial charge in [-0.25, -0.2) is 4.39 Å². The molecule has 0 atom stereocenters. The zero-order valence-electron chi connectivity index (χ0n) is 12.0. The normalized spacial score (nSPS) is 16.6. The van der Waals surface area contributed by atoms with Crippen molar-refractivity contribution in [1.29, 1.82) is 0 Å².